The van der Waals surface area contributed by atoms with Gasteiger partial charge in [-0.05, 0) is 48.3 Å². The van der Waals surface area contributed by atoms with Gasteiger partial charge in [-0.2, -0.15) is 0 Å². The predicted molar refractivity (Wildman–Crippen MR) is 100 cm³/mol. The Labute approximate surface area is 154 Å². The van der Waals surface area contributed by atoms with Gasteiger partial charge in [0.2, 0.25) is 0 Å². The van der Waals surface area contributed by atoms with Gasteiger partial charge in [0, 0.05) is 36.1 Å². The molecule has 1 aromatic rings. The summed E-state index contributed by atoms with van der Waals surface area (Å²) in [5.41, 5.74) is 1.15. The second-order valence-electron chi connectivity index (χ2n) is 9.12. The first-order valence-electron chi connectivity index (χ1n) is 9.35. The van der Waals surface area contributed by atoms with Crippen molar-refractivity contribution < 1.29 is 9.59 Å². The second-order valence-corrected chi connectivity index (χ2v) is 9.56. The molecule has 0 unspecified atom stereocenters. The summed E-state index contributed by atoms with van der Waals surface area (Å²) in [6.45, 7) is 7.20. The van der Waals surface area contributed by atoms with E-state index in [-0.39, 0.29) is 23.0 Å². The number of ketones is 2. The third-order valence-electron chi connectivity index (χ3n) is 6.53. The Morgan fingerprint density at radius 1 is 1.12 bits per heavy atom. The van der Waals surface area contributed by atoms with Gasteiger partial charge in [-0.15, -0.1) is 0 Å². The van der Waals surface area contributed by atoms with E-state index < -0.39 is 5.41 Å². The molecule has 25 heavy (non-hydrogen) atoms. The second kappa shape index (κ2) is 5.57. The Kier molecular flexibility index (Phi) is 3.81. The monoisotopic (exact) mass is 359 g/mol. The minimum absolute atomic E-state index is 0.0154. The summed E-state index contributed by atoms with van der Waals surface area (Å²) in [5, 5.41) is 0.717. The maximum Gasteiger partial charge on any atom is 0.149 e. The molecular weight excluding hydrogens is 334 g/mol. The lowest BCUT2D eigenvalue weighted by molar-refractivity contribution is -0.151. The van der Waals surface area contributed by atoms with Crippen LogP contribution in [0, 0.1) is 16.7 Å². The van der Waals surface area contributed by atoms with Crippen LogP contribution in [0.15, 0.2) is 18.2 Å². The van der Waals surface area contributed by atoms with Gasteiger partial charge in [-0.25, -0.2) is 0 Å². The van der Waals surface area contributed by atoms with Crippen molar-refractivity contribution in [2.45, 2.75) is 58.9 Å². The molecule has 3 aliphatic rings. The van der Waals surface area contributed by atoms with E-state index in [4.69, 9.17) is 11.6 Å². The maximum absolute atomic E-state index is 13.4. The molecule has 4 heteroatoms. The summed E-state index contributed by atoms with van der Waals surface area (Å²) >= 11 is 6.25. The number of hydrogen-bond donors (Lipinski definition) is 0. The zero-order chi connectivity index (χ0) is 18.0. The third-order valence-corrected chi connectivity index (χ3v) is 6.77. The Balaban J connectivity index is 1.86. The average Bonchev–Trinajstić information content (AvgIpc) is 2.51. The highest BCUT2D eigenvalue weighted by Crippen LogP contribution is 2.52. The van der Waals surface area contributed by atoms with Crippen LogP contribution >= 0.6 is 11.6 Å². The molecule has 1 saturated heterocycles. The minimum Gasteiger partial charge on any atom is -0.367 e. The molecule has 0 amide bonds. The molecule has 2 aliphatic heterocycles. The number of Topliss-reactive ketones (excluding diaryl/α,β-unsaturated/α-hetero) is 2. The third kappa shape index (κ3) is 2.54. The Hall–Kier alpha value is -1.35. The Morgan fingerprint density at radius 3 is 2.48 bits per heavy atom. The van der Waals surface area contributed by atoms with Crippen molar-refractivity contribution in [2.24, 2.45) is 16.7 Å². The van der Waals surface area contributed by atoms with E-state index in [1.165, 1.54) is 0 Å². The van der Waals surface area contributed by atoms with E-state index in [1.54, 1.807) is 0 Å². The van der Waals surface area contributed by atoms with Crippen LogP contribution < -0.4 is 4.90 Å². The van der Waals surface area contributed by atoms with Crippen LogP contribution in [0.2, 0.25) is 5.02 Å². The largest absolute Gasteiger partial charge is 0.367 e. The zero-order valence-corrected chi connectivity index (χ0v) is 16.0. The fourth-order valence-electron chi connectivity index (χ4n) is 5.24. The van der Waals surface area contributed by atoms with Crippen molar-refractivity contribution in [3.8, 4) is 0 Å². The van der Waals surface area contributed by atoms with Crippen LogP contribution in [-0.4, -0.2) is 24.2 Å². The molecule has 2 heterocycles. The minimum atomic E-state index is -0.856. The van der Waals surface area contributed by atoms with E-state index >= 15 is 0 Å². The molecule has 3 nitrogen and oxygen atoms in total. The van der Waals surface area contributed by atoms with Gasteiger partial charge >= 0.3 is 0 Å². The van der Waals surface area contributed by atoms with Gasteiger partial charge in [0.05, 0.1) is 0 Å². The van der Waals surface area contributed by atoms with Gasteiger partial charge in [0.15, 0.2) is 0 Å². The number of fused-ring (bicyclic) bond motifs is 4. The number of anilines is 1. The quantitative estimate of drug-likeness (QED) is 0.642. The van der Waals surface area contributed by atoms with Gasteiger partial charge in [0.25, 0.3) is 0 Å². The van der Waals surface area contributed by atoms with E-state index in [9.17, 15) is 9.59 Å². The number of hydrogen-bond acceptors (Lipinski definition) is 3. The normalized spacial score (nSPS) is 30.2. The molecule has 1 aromatic carbocycles. The standard InChI is InChI=1S/C21H26ClNO2/c1-13-6-7-23-16-9-15(22)5-4-14(16)10-21(17(23)8-13)18(24)11-20(2,3)12-19(21)25/h4-5,9,13,17H,6-8,10-12H2,1-3H3/t13-,17+/m0/s1. The summed E-state index contributed by atoms with van der Waals surface area (Å²) in [4.78, 5) is 29.0. The molecule has 1 aliphatic carbocycles. The predicted octanol–water partition coefficient (Wildman–Crippen LogP) is 4.45. The summed E-state index contributed by atoms with van der Waals surface area (Å²) in [7, 11) is 0. The van der Waals surface area contributed by atoms with Crippen LogP contribution in [0.4, 0.5) is 5.69 Å². The Bertz CT molecular complexity index is 734. The topological polar surface area (TPSA) is 37.4 Å². The number of rotatable bonds is 0. The van der Waals surface area contributed by atoms with Gasteiger partial charge in [0.1, 0.15) is 17.0 Å². The molecule has 134 valence electrons. The van der Waals surface area contributed by atoms with E-state index in [0.29, 0.717) is 25.2 Å². The molecule has 0 N–H and O–H groups in total. The number of halogens is 1. The molecule has 1 saturated carbocycles. The van der Waals surface area contributed by atoms with E-state index in [0.717, 1.165) is 35.7 Å². The molecule has 2 fully saturated rings. The summed E-state index contributed by atoms with van der Waals surface area (Å²) in [6.07, 6.45) is 3.54. The van der Waals surface area contributed by atoms with Crippen molar-refractivity contribution in [2.75, 3.05) is 11.4 Å². The Morgan fingerprint density at radius 2 is 1.80 bits per heavy atom. The molecule has 0 bridgehead atoms. The summed E-state index contributed by atoms with van der Waals surface area (Å²) in [5.74, 6) is 0.839. The lowest BCUT2D eigenvalue weighted by Crippen LogP contribution is -2.65. The number of carbonyl (C=O) groups is 2. The molecule has 2 atom stereocenters. The van der Waals surface area contributed by atoms with Crippen molar-refractivity contribution in [1.82, 2.24) is 0 Å². The summed E-state index contributed by atoms with van der Waals surface area (Å²) < 4.78 is 0. The lowest BCUT2D eigenvalue weighted by atomic mass is 9.55. The highest BCUT2D eigenvalue weighted by Gasteiger charge is 2.60. The highest BCUT2D eigenvalue weighted by molar-refractivity contribution is 6.31. The van der Waals surface area contributed by atoms with Crippen molar-refractivity contribution in [3.05, 3.63) is 28.8 Å². The van der Waals surface area contributed by atoms with Crippen molar-refractivity contribution in [1.29, 1.82) is 0 Å². The fraction of sp³-hybridized carbons (Fsp3) is 0.619. The van der Waals surface area contributed by atoms with Crippen molar-refractivity contribution >= 4 is 28.9 Å². The number of piperidine rings is 1. The average molecular weight is 360 g/mol. The van der Waals surface area contributed by atoms with Crippen LogP contribution in [-0.2, 0) is 16.0 Å². The van der Waals surface area contributed by atoms with Gasteiger partial charge in [-0.3, -0.25) is 9.59 Å². The summed E-state index contributed by atoms with van der Waals surface area (Å²) in [6, 6.07) is 5.88. The van der Waals surface area contributed by atoms with E-state index in [2.05, 4.69) is 11.8 Å². The van der Waals surface area contributed by atoms with Crippen LogP contribution in [0.25, 0.3) is 0 Å². The van der Waals surface area contributed by atoms with Gasteiger partial charge < -0.3 is 4.90 Å². The van der Waals surface area contributed by atoms with E-state index in [1.807, 2.05) is 32.0 Å². The number of benzene rings is 1. The first-order chi connectivity index (χ1) is 11.7. The fourth-order valence-corrected chi connectivity index (χ4v) is 5.41. The van der Waals surface area contributed by atoms with Gasteiger partial charge in [-0.1, -0.05) is 38.4 Å². The molecule has 0 aromatic heterocycles. The SMILES string of the molecule is C[C@H]1CCN2c3cc(Cl)ccc3CC3(C(=O)CC(C)(C)CC3=O)[C@H]2C1. The van der Waals surface area contributed by atoms with Crippen LogP contribution in [0.1, 0.15) is 52.0 Å². The number of carbonyl (C=O) groups excluding carboxylic acids is 2. The van der Waals surface area contributed by atoms with Crippen molar-refractivity contribution in [3.63, 3.8) is 0 Å². The highest BCUT2D eigenvalue weighted by atomic mass is 35.5. The zero-order valence-electron chi connectivity index (χ0n) is 15.3. The maximum atomic E-state index is 13.4. The first-order valence-corrected chi connectivity index (χ1v) is 9.72. The first kappa shape index (κ1) is 17.1. The molecule has 1 spiro atoms. The number of nitrogens with zero attached hydrogens (tertiary/aromatic N) is 1. The molecule has 4 rings (SSSR count). The molecular formula is C21H26ClNO2. The van der Waals surface area contributed by atoms with Crippen LogP contribution in [0.5, 0.6) is 0 Å². The van der Waals surface area contributed by atoms with Crippen LogP contribution in [0.3, 0.4) is 0 Å². The lowest BCUT2D eigenvalue weighted by Gasteiger charge is -2.55. The molecule has 0 radical (unpaired) electrons. The smallest absolute Gasteiger partial charge is 0.149 e.